The molecule has 0 unspecified atom stereocenters. The van der Waals surface area contributed by atoms with Gasteiger partial charge in [-0.1, -0.05) is 20.8 Å². The molecule has 1 aromatic heterocycles. The van der Waals surface area contributed by atoms with Gasteiger partial charge in [-0.25, -0.2) is 9.67 Å². The van der Waals surface area contributed by atoms with Crippen molar-refractivity contribution >= 4 is 0 Å². The molecule has 1 aromatic rings. The van der Waals surface area contributed by atoms with Gasteiger partial charge in [-0.2, -0.15) is 5.10 Å². The summed E-state index contributed by atoms with van der Waals surface area (Å²) in [5, 5.41) is 14.3. The molecule has 1 saturated carbocycles. The molecule has 4 nitrogen and oxygen atoms in total. The second-order valence-electron chi connectivity index (χ2n) is 8.19. The lowest BCUT2D eigenvalue weighted by molar-refractivity contribution is 0.0345. The van der Waals surface area contributed by atoms with E-state index in [-0.39, 0.29) is 12.0 Å². The number of nitrogens with zero attached hydrogens (tertiary/aromatic N) is 3. The van der Waals surface area contributed by atoms with E-state index in [0.717, 1.165) is 31.0 Å². The lowest BCUT2D eigenvalue weighted by Crippen LogP contribution is -2.37. The van der Waals surface area contributed by atoms with Gasteiger partial charge in [0.15, 0.2) is 0 Å². The average molecular weight is 293 g/mol. The van der Waals surface area contributed by atoms with Gasteiger partial charge in [0.25, 0.3) is 0 Å². The molecule has 0 aromatic carbocycles. The molecule has 0 spiro atoms. The van der Waals surface area contributed by atoms with E-state index in [1.807, 2.05) is 4.68 Å². The quantitative estimate of drug-likeness (QED) is 0.922. The Morgan fingerprint density at radius 3 is 2.43 bits per heavy atom. The Labute approximate surface area is 129 Å². The van der Waals surface area contributed by atoms with Crippen LogP contribution in [0, 0.1) is 16.7 Å². The molecule has 1 aliphatic carbocycles. The van der Waals surface area contributed by atoms with Gasteiger partial charge in [-0.3, -0.25) is 0 Å². The Kier molecular flexibility index (Phi) is 4.76. The summed E-state index contributed by atoms with van der Waals surface area (Å²) in [6, 6.07) is 0.323. The Morgan fingerprint density at radius 2 is 1.95 bits per heavy atom. The number of rotatable bonds is 4. The SMILES string of the molecule is CC(C)n1ncnc1CC1(CO)CCC(C(C)(C)C)CC1. The van der Waals surface area contributed by atoms with Gasteiger partial charge in [0.05, 0.1) is 0 Å². The van der Waals surface area contributed by atoms with Crippen molar-refractivity contribution in [1.82, 2.24) is 14.8 Å². The van der Waals surface area contributed by atoms with Gasteiger partial charge in [-0.15, -0.1) is 0 Å². The molecule has 1 heterocycles. The number of aliphatic hydroxyl groups excluding tert-OH is 1. The summed E-state index contributed by atoms with van der Waals surface area (Å²) in [6.45, 7) is 11.5. The average Bonchev–Trinajstić information content (AvgIpc) is 2.86. The van der Waals surface area contributed by atoms with Crippen LogP contribution in [0.1, 0.15) is 72.2 Å². The van der Waals surface area contributed by atoms with Crippen LogP contribution in [0.4, 0.5) is 0 Å². The van der Waals surface area contributed by atoms with Crippen molar-refractivity contribution in [2.45, 2.75) is 72.8 Å². The van der Waals surface area contributed by atoms with Crippen LogP contribution < -0.4 is 0 Å². The predicted molar refractivity (Wildman–Crippen MR) is 85.0 cm³/mol. The lowest BCUT2D eigenvalue weighted by Gasteiger charge is -2.43. The topological polar surface area (TPSA) is 50.9 Å². The molecule has 0 aliphatic heterocycles. The van der Waals surface area contributed by atoms with Crippen molar-refractivity contribution in [2.75, 3.05) is 6.61 Å². The summed E-state index contributed by atoms with van der Waals surface area (Å²) in [4.78, 5) is 4.43. The third kappa shape index (κ3) is 3.65. The first-order valence-electron chi connectivity index (χ1n) is 8.27. The molecule has 0 atom stereocenters. The zero-order valence-corrected chi connectivity index (χ0v) is 14.3. The second-order valence-corrected chi connectivity index (χ2v) is 8.19. The fraction of sp³-hybridized carbons (Fsp3) is 0.882. The maximum absolute atomic E-state index is 10.0. The van der Waals surface area contributed by atoms with Gasteiger partial charge >= 0.3 is 0 Å². The highest BCUT2D eigenvalue weighted by Crippen LogP contribution is 2.46. The number of hydrogen-bond donors (Lipinski definition) is 1. The number of hydrogen-bond acceptors (Lipinski definition) is 3. The molecule has 0 saturated heterocycles. The minimum absolute atomic E-state index is 0.00141. The molecule has 0 radical (unpaired) electrons. The van der Waals surface area contributed by atoms with Gasteiger partial charge in [0, 0.05) is 24.5 Å². The highest BCUT2D eigenvalue weighted by atomic mass is 16.3. The van der Waals surface area contributed by atoms with Crippen molar-refractivity contribution in [3.8, 4) is 0 Å². The first-order valence-corrected chi connectivity index (χ1v) is 8.27. The first kappa shape index (κ1) is 16.5. The third-order valence-corrected chi connectivity index (χ3v) is 5.28. The van der Waals surface area contributed by atoms with Crippen LogP contribution in [0.25, 0.3) is 0 Å². The summed E-state index contributed by atoms with van der Waals surface area (Å²) in [5.74, 6) is 1.79. The van der Waals surface area contributed by atoms with Crippen molar-refractivity contribution in [2.24, 2.45) is 16.7 Å². The van der Waals surface area contributed by atoms with Crippen LogP contribution in [0.5, 0.6) is 0 Å². The Balaban J connectivity index is 2.09. The Bertz CT molecular complexity index is 451. The van der Waals surface area contributed by atoms with Gasteiger partial charge in [-0.05, 0) is 50.9 Å². The normalized spacial score (nSPS) is 27.3. The highest BCUT2D eigenvalue weighted by Gasteiger charge is 2.39. The first-order chi connectivity index (χ1) is 9.77. The van der Waals surface area contributed by atoms with Gasteiger partial charge < -0.3 is 5.11 Å². The fourth-order valence-corrected chi connectivity index (χ4v) is 3.65. The van der Waals surface area contributed by atoms with Crippen LogP contribution in [-0.4, -0.2) is 26.5 Å². The van der Waals surface area contributed by atoms with Gasteiger partial charge in [0.1, 0.15) is 12.2 Å². The van der Waals surface area contributed by atoms with E-state index in [0.29, 0.717) is 11.5 Å². The van der Waals surface area contributed by atoms with Crippen LogP contribution in [0.15, 0.2) is 6.33 Å². The number of aliphatic hydroxyl groups is 1. The standard InChI is InChI=1S/C17H31N3O/c1-13(2)20-15(18-12-19-20)10-17(11-21)8-6-14(7-9-17)16(3,4)5/h12-14,21H,6-11H2,1-5H3. The Morgan fingerprint density at radius 1 is 1.33 bits per heavy atom. The molecule has 120 valence electrons. The van der Waals surface area contributed by atoms with E-state index in [9.17, 15) is 5.11 Å². The van der Waals surface area contributed by atoms with Crippen LogP contribution in [-0.2, 0) is 6.42 Å². The summed E-state index contributed by atoms with van der Waals surface area (Å²) in [7, 11) is 0. The molecular formula is C17H31N3O. The van der Waals surface area contributed by atoms with Crippen molar-refractivity contribution in [3.05, 3.63) is 12.2 Å². The van der Waals surface area contributed by atoms with E-state index in [2.05, 4.69) is 44.7 Å². The highest BCUT2D eigenvalue weighted by molar-refractivity contribution is 4.98. The van der Waals surface area contributed by atoms with Gasteiger partial charge in [0.2, 0.25) is 0 Å². The lowest BCUT2D eigenvalue weighted by atomic mass is 9.63. The zero-order valence-electron chi connectivity index (χ0n) is 14.3. The largest absolute Gasteiger partial charge is 0.396 e. The van der Waals surface area contributed by atoms with E-state index < -0.39 is 0 Å². The molecule has 0 amide bonds. The second kappa shape index (κ2) is 6.07. The maximum Gasteiger partial charge on any atom is 0.138 e. The summed E-state index contributed by atoms with van der Waals surface area (Å²) in [6.07, 6.45) is 7.09. The van der Waals surface area contributed by atoms with Crippen molar-refractivity contribution < 1.29 is 5.11 Å². The monoisotopic (exact) mass is 293 g/mol. The molecular weight excluding hydrogens is 262 g/mol. The van der Waals surface area contributed by atoms with Crippen LogP contribution in [0.2, 0.25) is 0 Å². The fourth-order valence-electron chi connectivity index (χ4n) is 3.65. The minimum atomic E-state index is 0.00141. The van der Waals surface area contributed by atoms with E-state index in [4.69, 9.17) is 0 Å². The molecule has 0 bridgehead atoms. The molecule has 1 fully saturated rings. The van der Waals surface area contributed by atoms with E-state index in [1.54, 1.807) is 6.33 Å². The Hall–Kier alpha value is -0.900. The van der Waals surface area contributed by atoms with Crippen molar-refractivity contribution in [1.29, 1.82) is 0 Å². The van der Waals surface area contributed by atoms with Crippen molar-refractivity contribution in [3.63, 3.8) is 0 Å². The zero-order chi connectivity index (χ0) is 15.7. The van der Waals surface area contributed by atoms with E-state index >= 15 is 0 Å². The summed E-state index contributed by atoms with van der Waals surface area (Å²) >= 11 is 0. The number of aromatic nitrogens is 3. The minimum Gasteiger partial charge on any atom is -0.396 e. The van der Waals surface area contributed by atoms with E-state index in [1.165, 1.54) is 12.8 Å². The summed E-state index contributed by atoms with van der Waals surface area (Å²) in [5.41, 5.74) is 0.376. The van der Waals surface area contributed by atoms with Crippen LogP contribution in [0.3, 0.4) is 0 Å². The molecule has 4 heteroatoms. The molecule has 1 aliphatic rings. The summed E-state index contributed by atoms with van der Waals surface area (Å²) < 4.78 is 1.99. The maximum atomic E-state index is 10.0. The third-order valence-electron chi connectivity index (χ3n) is 5.28. The smallest absolute Gasteiger partial charge is 0.138 e. The van der Waals surface area contributed by atoms with Crippen LogP contribution >= 0.6 is 0 Å². The molecule has 2 rings (SSSR count). The molecule has 1 N–H and O–H groups in total. The molecule has 21 heavy (non-hydrogen) atoms. The predicted octanol–water partition coefficient (Wildman–Crippen LogP) is 3.62.